The zero-order chi connectivity index (χ0) is 9.97. The lowest BCUT2D eigenvalue weighted by Gasteiger charge is -2.01. The average molecular weight is 188 g/mol. The fourth-order valence-electron chi connectivity index (χ4n) is 1.60. The van der Waals surface area contributed by atoms with Crippen LogP contribution in [-0.4, -0.2) is 17.3 Å². The molecule has 1 heterocycles. The van der Waals surface area contributed by atoms with Crippen LogP contribution in [0.15, 0.2) is 30.5 Å². The summed E-state index contributed by atoms with van der Waals surface area (Å²) < 4.78 is 0. The molecular weight excluding hydrogens is 176 g/mol. The van der Waals surface area contributed by atoms with Gasteiger partial charge in [-0.1, -0.05) is 18.2 Å². The summed E-state index contributed by atoms with van der Waals surface area (Å²) in [5.74, 6) is 0. The van der Waals surface area contributed by atoms with Gasteiger partial charge >= 0.3 is 0 Å². The molecule has 1 aromatic carbocycles. The largest absolute Gasteiger partial charge is 0.361 e. The molecule has 0 saturated heterocycles. The molecule has 3 N–H and O–H groups in total. The SMILES string of the molecule is N[C@H](C=O)Cc1c[nH]c2ccccc12. The van der Waals surface area contributed by atoms with Crippen molar-refractivity contribution in [3.63, 3.8) is 0 Å². The van der Waals surface area contributed by atoms with Gasteiger partial charge in [-0.05, 0) is 18.1 Å². The molecule has 0 fully saturated rings. The first-order valence-corrected chi connectivity index (χ1v) is 4.57. The number of carbonyl (C=O) groups excluding carboxylic acids is 1. The third-order valence-corrected chi connectivity index (χ3v) is 2.31. The van der Waals surface area contributed by atoms with Crippen molar-refractivity contribution in [3.8, 4) is 0 Å². The van der Waals surface area contributed by atoms with Crippen LogP contribution in [0.4, 0.5) is 0 Å². The summed E-state index contributed by atoms with van der Waals surface area (Å²) >= 11 is 0. The van der Waals surface area contributed by atoms with E-state index < -0.39 is 6.04 Å². The molecular formula is C11H12N2O. The number of nitrogens with one attached hydrogen (secondary N) is 1. The van der Waals surface area contributed by atoms with Gasteiger partial charge in [0.2, 0.25) is 0 Å². The van der Waals surface area contributed by atoms with Crippen LogP contribution < -0.4 is 5.73 Å². The Morgan fingerprint density at radius 1 is 1.43 bits per heavy atom. The molecule has 72 valence electrons. The molecule has 0 amide bonds. The number of aromatic nitrogens is 1. The quantitative estimate of drug-likeness (QED) is 0.712. The highest BCUT2D eigenvalue weighted by Crippen LogP contribution is 2.18. The Balaban J connectivity index is 2.38. The number of hydrogen-bond acceptors (Lipinski definition) is 2. The molecule has 1 aromatic heterocycles. The van der Waals surface area contributed by atoms with Crippen LogP contribution in [0.3, 0.4) is 0 Å². The number of hydrogen-bond donors (Lipinski definition) is 2. The van der Waals surface area contributed by atoms with Crippen molar-refractivity contribution >= 4 is 17.2 Å². The Hall–Kier alpha value is -1.61. The second kappa shape index (κ2) is 3.64. The Morgan fingerprint density at radius 3 is 3.00 bits per heavy atom. The van der Waals surface area contributed by atoms with Crippen molar-refractivity contribution in [3.05, 3.63) is 36.0 Å². The number of benzene rings is 1. The molecule has 1 atom stereocenters. The molecule has 0 aliphatic heterocycles. The minimum atomic E-state index is -0.408. The maximum absolute atomic E-state index is 10.4. The number of H-pyrrole nitrogens is 1. The molecule has 0 unspecified atom stereocenters. The smallest absolute Gasteiger partial charge is 0.137 e. The first-order chi connectivity index (χ1) is 6.81. The molecule has 2 rings (SSSR count). The number of fused-ring (bicyclic) bond motifs is 1. The lowest BCUT2D eigenvalue weighted by atomic mass is 10.1. The summed E-state index contributed by atoms with van der Waals surface area (Å²) in [7, 11) is 0. The van der Waals surface area contributed by atoms with E-state index in [0.29, 0.717) is 6.42 Å². The van der Waals surface area contributed by atoms with Gasteiger partial charge in [-0.2, -0.15) is 0 Å². The molecule has 0 bridgehead atoms. The van der Waals surface area contributed by atoms with Crippen LogP contribution >= 0.6 is 0 Å². The van der Waals surface area contributed by atoms with Crippen LogP contribution in [0, 0.1) is 0 Å². The molecule has 14 heavy (non-hydrogen) atoms. The summed E-state index contributed by atoms with van der Waals surface area (Å²) in [6, 6.07) is 7.58. The molecule has 0 aliphatic carbocycles. The minimum absolute atomic E-state index is 0.408. The minimum Gasteiger partial charge on any atom is -0.361 e. The summed E-state index contributed by atoms with van der Waals surface area (Å²) in [6.45, 7) is 0. The standard InChI is InChI=1S/C11H12N2O/c12-9(7-14)5-8-6-13-11-4-2-1-3-10(8)11/h1-4,6-7,9,13H,5,12H2/t9-/m0/s1. The Labute approximate surface area is 81.9 Å². The molecule has 0 saturated carbocycles. The number of para-hydroxylation sites is 1. The predicted molar refractivity (Wildman–Crippen MR) is 56.0 cm³/mol. The van der Waals surface area contributed by atoms with Crippen LogP contribution in [0.2, 0.25) is 0 Å². The lowest BCUT2D eigenvalue weighted by Crippen LogP contribution is -2.23. The van der Waals surface area contributed by atoms with E-state index in [1.807, 2.05) is 30.5 Å². The fourth-order valence-corrected chi connectivity index (χ4v) is 1.60. The summed E-state index contributed by atoms with van der Waals surface area (Å²) in [5.41, 5.74) is 7.75. The predicted octanol–water partition coefficient (Wildman–Crippen LogP) is 1.24. The number of aldehydes is 1. The number of aromatic amines is 1. The van der Waals surface area contributed by atoms with Gasteiger partial charge in [0.25, 0.3) is 0 Å². The van der Waals surface area contributed by atoms with E-state index in [-0.39, 0.29) is 0 Å². The Bertz CT molecular complexity index is 447. The van der Waals surface area contributed by atoms with Crippen LogP contribution in [-0.2, 0) is 11.2 Å². The van der Waals surface area contributed by atoms with Crippen molar-refractivity contribution in [2.75, 3.05) is 0 Å². The van der Waals surface area contributed by atoms with Gasteiger partial charge in [-0.15, -0.1) is 0 Å². The lowest BCUT2D eigenvalue weighted by molar-refractivity contribution is -0.108. The van der Waals surface area contributed by atoms with Gasteiger partial charge in [0, 0.05) is 17.1 Å². The molecule has 2 aromatic rings. The highest BCUT2D eigenvalue weighted by molar-refractivity contribution is 5.83. The van der Waals surface area contributed by atoms with E-state index in [4.69, 9.17) is 5.73 Å². The molecule has 3 heteroatoms. The van der Waals surface area contributed by atoms with E-state index in [2.05, 4.69) is 4.98 Å². The first-order valence-electron chi connectivity index (χ1n) is 4.57. The van der Waals surface area contributed by atoms with Crippen molar-refractivity contribution in [1.29, 1.82) is 0 Å². The monoisotopic (exact) mass is 188 g/mol. The molecule has 0 aliphatic rings. The second-order valence-electron chi connectivity index (χ2n) is 3.36. The van der Waals surface area contributed by atoms with Crippen LogP contribution in [0.1, 0.15) is 5.56 Å². The third-order valence-electron chi connectivity index (χ3n) is 2.31. The van der Waals surface area contributed by atoms with E-state index in [9.17, 15) is 4.79 Å². The highest BCUT2D eigenvalue weighted by Gasteiger charge is 2.06. The van der Waals surface area contributed by atoms with E-state index in [1.165, 1.54) is 0 Å². The van der Waals surface area contributed by atoms with Crippen molar-refractivity contribution in [1.82, 2.24) is 4.98 Å². The topological polar surface area (TPSA) is 58.9 Å². The van der Waals surface area contributed by atoms with Gasteiger partial charge in [0.05, 0.1) is 6.04 Å². The fraction of sp³-hybridized carbons (Fsp3) is 0.182. The average Bonchev–Trinajstić information content (AvgIpc) is 2.62. The normalized spacial score (nSPS) is 12.9. The van der Waals surface area contributed by atoms with Gasteiger partial charge < -0.3 is 15.5 Å². The van der Waals surface area contributed by atoms with Crippen LogP contribution in [0.25, 0.3) is 10.9 Å². The summed E-state index contributed by atoms with van der Waals surface area (Å²) in [5, 5.41) is 1.14. The highest BCUT2D eigenvalue weighted by atomic mass is 16.1. The molecule has 0 spiro atoms. The maximum Gasteiger partial charge on any atom is 0.137 e. The Morgan fingerprint density at radius 2 is 2.21 bits per heavy atom. The summed E-state index contributed by atoms with van der Waals surface area (Å²) in [4.78, 5) is 13.6. The zero-order valence-corrected chi connectivity index (χ0v) is 7.73. The number of rotatable bonds is 3. The van der Waals surface area contributed by atoms with Gasteiger partial charge in [-0.25, -0.2) is 0 Å². The summed E-state index contributed by atoms with van der Waals surface area (Å²) in [6.07, 6.45) is 3.28. The van der Waals surface area contributed by atoms with E-state index in [1.54, 1.807) is 0 Å². The molecule has 3 nitrogen and oxygen atoms in total. The molecule has 0 radical (unpaired) electrons. The second-order valence-corrected chi connectivity index (χ2v) is 3.36. The maximum atomic E-state index is 10.4. The van der Waals surface area contributed by atoms with E-state index in [0.717, 1.165) is 22.8 Å². The number of carbonyl (C=O) groups is 1. The van der Waals surface area contributed by atoms with E-state index >= 15 is 0 Å². The van der Waals surface area contributed by atoms with Gasteiger partial charge in [0.15, 0.2) is 0 Å². The van der Waals surface area contributed by atoms with Crippen LogP contribution in [0.5, 0.6) is 0 Å². The first kappa shape index (κ1) is 8.97. The third kappa shape index (κ3) is 1.54. The zero-order valence-electron chi connectivity index (χ0n) is 7.73. The van der Waals surface area contributed by atoms with Crippen molar-refractivity contribution < 1.29 is 4.79 Å². The van der Waals surface area contributed by atoms with Gasteiger partial charge in [-0.3, -0.25) is 0 Å². The van der Waals surface area contributed by atoms with Gasteiger partial charge in [0.1, 0.15) is 6.29 Å². The number of nitrogens with two attached hydrogens (primary N) is 1. The Kier molecular flexibility index (Phi) is 2.33. The van der Waals surface area contributed by atoms with Crippen molar-refractivity contribution in [2.45, 2.75) is 12.5 Å². The van der Waals surface area contributed by atoms with Crippen molar-refractivity contribution in [2.24, 2.45) is 5.73 Å².